The number of alkyl carbamates (subject to hydrolysis) is 1. The van der Waals surface area contributed by atoms with Crippen LogP contribution in [0, 0.1) is 0 Å². The van der Waals surface area contributed by atoms with E-state index >= 15 is 0 Å². The molecular weight excluding hydrogens is 492 g/mol. The topological polar surface area (TPSA) is 105 Å². The molecule has 4 aromatic rings. The lowest BCUT2D eigenvalue weighted by atomic mass is 9.98. The number of amides is 2. The Morgan fingerprint density at radius 3 is 2.05 bits per heavy atom. The molecule has 1 atom stereocenters. The van der Waals surface area contributed by atoms with Crippen LogP contribution in [0.4, 0.5) is 4.79 Å². The zero-order chi connectivity index (χ0) is 27.2. The van der Waals surface area contributed by atoms with Gasteiger partial charge < -0.3 is 20.5 Å². The molecule has 1 unspecified atom stereocenters. The van der Waals surface area contributed by atoms with Crippen molar-refractivity contribution in [3.8, 4) is 11.1 Å². The molecule has 5 rings (SSSR count). The predicted octanol–water partition coefficient (Wildman–Crippen LogP) is 5.15. The number of carboxylic acids is 1. The van der Waals surface area contributed by atoms with Crippen molar-refractivity contribution in [2.75, 3.05) is 6.61 Å². The summed E-state index contributed by atoms with van der Waals surface area (Å²) in [7, 11) is 0. The van der Waals surface area contributed by atoms with E-state index in [1.165, 1.54) is 0 Å². The van der Waals surface area contributed by atoms with Gasteiger partial charge in [0.1, 0.15) is 12.6 Å². The van der Waals surface area contributed by atoms with Crippen molar-refractivity contribution in [3.05, 3.63) is 131 Å². The summed E-state index contributed by atoms with van der Waals surface area (Å²) < 4.78 is 5.52. The highest BCUT2D eigenvalue weighted by atomic mass is 16.5. The zero-order valence-electron chi connectivity index (χ0n) is 21.2. The van der Waals surface area contributed by atoms with Crippen LogP contribution in [0.2, 0.25) is 0 Å². The Morgan fingerprint density at radius 2 is 1.38 bits per heavy atom. The first-order valence-electron chi connectivity index (χ1n) is 12.7. The molecule has 7 heteroatoms. The largest absolute Gasteiger partial charge is 0.480 e. The Balaban J connectivity index is 1.20. The van der Waals surface area contributed by atoms with E-state index in [0.717, 1.165) is 27.8 Å². The first kappa shape index (κ1) is 25.7. The molecule has 0 spiro atoms. The second-order valence-corrected chi connectivity index (χ2v) is 9.43. The quantitative estimate of drug-likeness (QED) is 0.283. The van der Waals surface area contributed by atoms with Crippen molar-refractivity contribution >= 4 is 18.0 Å². The van der Waals surface area contributed by atoms with Crippen molar-refractivity contribution in [1.82, 2.24) is 10.6 Å². The number of hydrogen-bond acceptors (Lipinski definition) is 4. The van der Waals surface area contributed by atoms with Gasteiger partial charge in [0.25, 0.3) is 5.91 Å². The summed E-state index contributed by atoms with van der Waals surface area (Å²) >= 11 is 0. The molecule has 0 radical (unpaired) electrons. The minimum Gasteiger partial charge on any atom is -0.480 e. The average molecular weight is 521 g/mol. The monoisotopic (exact) mass is 520 g/mol. The normalized spacial score (nSPS) is 12.6. The summed E-state index contributed by atoms with van der Waals surface area (Å²) in [6, 6.07) is 31.0. The summed E-state index contributed by atoms with van der Waals surface area (Å²) in [6.45, 7) is 0.467. The number of carboxylic acid groups (broad SMARTS) is 1. The molecule has 0 bridgehead atoms. The van der Waals surface area contributed by atoms with Crippen LogP contribution in [-0.4, -0.2) is 35.7 Å². The SMILES string of the molecule is O=C(NC(Cc1cccc(C(=O)NCc2ccccc2)c1)C(=O)O)OCC1c2ccccc2-c2ccccc21. The molecular formula is C32H28N2O5. The Hall–Kier alpha value is -4.91. The van der Waals surface area contributed by atoms with Gasteiger partial charge in [-0.2, -0.15) is 0 Å². The number of hydrogen-bond donors (Lipinski definition) is 3. The lowest BCUT2D eigenvalue weighted by Crippen LogP contribution is -2.43. The summed E-state index contributed by atoms with van der Waals surface area (Å²) in [5.74, 6) is -1.59. The van der Waals surface area contributed by atoms with Crippen LogP contribution in [0.5, 0.6) is 0 Å². The molecule has 0 saturated heterocycles. The van der Waals surface area contributed by atoms with Crippen LogP contribution in [0.3, 0.4) is 0 Å². The van der Waals surface area contributed by atoms with Crippen LogP contribution >= 0.6 is 0 Å². The van der Waals surface area contributed by atoms with Gasteiger partial charge in [0.15, 0.2) is 0 Å². The fraction of sp³-hybridized carbons (Fsp3) is 0.156. The minimum absolute atomic E-state index is 0.000661. The fourth-order valence-electron chi connectivity index (χ4n) is 4.94. The van der Waals surface area contributed by atoms with Gasteiger partial charge in [0.2, 0.25) is 0 Å². The number of carbonyl (C=O) groups is 3. The second-order valence-electron chi connectivity index (χ2n) is 9.43. The third-order valence-electron chi connectivity index (χ3n) is 6.86. The lowest BCUT2D eigenvalue weighted by Gasteiger charge is -2.18. The molecule has 196 valence electrons. The van der Waals surface area contributed by atoms with Gasteiger partial charge in [-0.1, -0.05) is 91.0 Å². The number of fused-ring (bicyclic) bond motifs is 3. The number of rotatable bonds is 9. The van der Waals surface area contributed by atoms with E-state index in [2.05, 4.69) is 10.6 Å². The number of ether oxygens (including phenoxy) is 1. The third kappa shape index (κ3) is 5.99. The van der Waals surface area contributed by atoms with E-state index in [0.29, 0.717) is 17.7 Å². The summed E-state index contributed by atoms with van der Waals surface area (Å²) in [6.07, 6.45) is -0.805. The molecule has 39 heavy (non-hydrogen) atoms. The molecule has 0 aromatic heterocycles. The summed E-state index contributed by atoms with van der Waals surface area (Å²) in [5, 5.41) is 15.1. The van der Waals surface area contributed by atoms with Crippen molar-refractivity contribution in [1.29, 1.82) is 0 Å². The average Bonchev–Trinajstić information content (AvgIpc) is 3.28. The molecule has 1 aliphatic carbocycles. The van der Waals surface area contributed by atoms with Crippen molar-refractivity contribution in [2.24, 2.45) is 0 Å². The van der Waals surface area contributed by atoms with Crippen LogP contribution < -0.4 is 10.6 Å². The van der Waals surface area contributed by atoms with E-state index in [-0.39, 0.29) is 24.9 Å². The number of nitrogens with one attached hydrogen (secondary N) is 2. The van der Waals surface area contributed by atoms with Gasteiger partial charge in [-0.25, -0.2) is 9.59 Å². The molecule has 0 heterocycles. The first-order valence-corrected chi connectivity index (χ1v) is 12.7. The molecule has 4 aromatic carbocycles. The molecule has 0 aliphatic heterocycles. The highest BCUT2D eigenvalue weighted by molar-refractivity contribution is 5.94. The van der Waals surface area contributed by atoms with Crippen molar-refractivity contribution < 1.29 is 24.2 Å². The second kappa shape index (κ2) is 11.6. The fourth-order valence-corrected chi connectivity index (χ4v) is 4.94. The van der Waals surface area contributed by atoms with E-state index in [9.17, 15) is 19.5 Å². The van der Waals surface area contributed by atoms with Gasteiger partial charge in [-0.15, -0.1) is 0 Å². The van der Waals surface area contributed by atoms with E-state index < -0.39 is 18.1 Å². The molecule has 1 aliphatic rings. The molecule has 0 fully saturated rings. The lowest BCUT2D eigenvalue weighted by molar-refractivity contribution is -0.139. The first-order chi connectivity index (χ1) is 19.0. The van der Waals surface area contributed by atoms with Gasteiger partial charge in [-0.05, 0) is 45.5 Å². The Bertz CT molecular complexity index is 1460. The Morgan fingerprint density at radius 1 is 0.769 bits per heavy atom. The maximum absolute atomic E-state index is 12.7. The van der Waals surface area contributed by atoms with E-state index in [1.54, 1.807) is 24.3 Å². The predicted molar refractivity (Wildman–Crippen MR) is 147 cm³/mol. The van der Waals surface area contributed by atoms with Crippen molar-refractivity contribution in [3.63, 3.8) is 0 Å². The summed E-state index contributed by atoms with van der Waals surface area (Å²) in [4.78, 5) is 37.3. The zero-order valence-corrected chi connectivity index (χ0v) is 21.2. The van der Waals surface area contributed by atoms with Crippen LogP contribution in [0.25, 0.3) is 11.1 Å². The number of aliphatic carboxylic acids is 1. The van der Waals surface area contributed by atoms with Gasteiger partial charge in [0, 0.05) is 24.4 Å². The van der Waals surface area contributed by atoms with Gasteiger partial charge >= 0.3 is 12.1 Å². The highest BCUT2D eigenvalue weighted by Crippen LogP contribution is 2.44. The molecule has 3 N–H and O–H groups in total. The van der Waals surface area contributed by atoms with E-state index in [4.69, 9.17) is 4.74 Å². The third-order valence-corrected chi connectivity index (χ3v) is 6.86. The van der Waals surface area contributed by atoms with Crippen LogP contribution in [0.1, 0.15) is 38.5 Å². The maximum atomic E-state index is 12.7. The Labute approximate surface area is 226 Å². The molecule has 2 amide bonds. The van der Waals surface area contributed by atoms with E-state index in [1.807, 2.05) is 78.9 Å². The van der Waals surface area contributed by atoms with Crippen LogP contribution in [-0.2, 0) is 22.5 Å². The standard InChI is InChI=1S/C32H28N2O5/c35-30(33-19-21-9-2-1-3-10-21)23-12-8-11-22(17-23)18-29(31(36)37)34-32(38)39-20-28-26-15-6-4-13-24(26)25-14-5-7-16-27(25)28/h1-17,28-29H,18-20H2,(H,33,35)(H,34,38)(H,36,37). The van der Waals surface area contributed by atoms with Gasteiger partial charge in [0.05, 0.1) is 0 Å². The van der Waals surface area contributed by atoms with Crippen LogP contribution in [0.15, 0.2) is 103 Å². The smallest absolute Gasteiger partial charge is 0.407 e. The van der Waals surface area contributed by atoms with Crippen molar-refractivity contribution in [2.45, 2.75) is 24.9 Å². The summed E-state index contributed by atoms with van der Waals surface area (Å²) in [5.41, 5.74) is 6.35. The number of carbonyl (C=O) groups excluding carboxylic acids is 2. The molecule has 7 nitrogen and oxygen atoms in total. The number of benzene rings is 4. The Kier molecular flexibility index (Phi) is 7.68. The minimum atomic E-state index is -1.22. The maximum Gasteiger partial charge on any atom is 0.407 e. The van der Waals surface area contributed by atoms with Gasteiger partial charge in [-0.3, -0.25) is 4.79 Å². The molecule has 0 saturated carbocycles. The highest BCUT2D eigenvalue weighted by Gasteiger charge is 2.30.